The van der Waals surface area contributed by atoms with E-state index in [1.54, 1.807) is 0 Å². The summed E-state index contributed by atoms with van der Waals surface area (Å²) in [6.07, 6.45) is 0. The first kappa shape index (κ1) is 12.5. The second-order valence-corrected chi connectivity index (χ2v) is 4.82. The highest BCUT2D eigenvalue weighted by atomic mass is 35.5. The van der Waals surface area contributed by atoms with Crippen LogP contribution < -0.4 is 0 Å². The van der Waals surface area contributed by atoms with E-state index < -0.39 is 0 Å². The highest BCUT2D eigenvalue weighted by Gasteiger charge is 2.13. The Labute approximate surface area is 117 Å². The van der Waals surface area contributed by atoms with Crippen molar-refractivity contribution in [3.05, 3.63) is 42.5 Å². The fourth-order valence-corrected chi connectivity index (χ4v) is 2.48. The Morgan fingerprint density at radius 3 is 2.63 bits per heavy atom. The van der Waals surface area contributed by atoms with Crippen LogP contribution in [0.4, 0.5) is 5.69 Å². The monoisotopic (exact) mass is 274 g/mol. The molecule has 0 N–H and O–H groups in total. The van der Waals surface area contributed by atoms with Crippen LogP contribution in [0.2, 0.25) is 0 Å². The summed E-state index contributed by atoms with van der Waals surface area (Å²) in [5.41, 5.74) is 0.912. The van der Waals surface area contributed by atoms with Crippen LogP contribution in [0.1, 0.15) is 0 Å². The van der Waals surface area contributed by atoms with E-state index in [1.165, 1.54) is 5.39 Å². The average Bonchev–Trinajstić information content (AvgIpc) is 2.48. The SMILES string of the molecule is Cl/C(=N\c1cccc2ccccc12)N1CCOCC1. The summed E-state index contributed by atoms with van der Waals surface area (Å²) >= 11 is 6.31. The van der Waals surface area contributed by atoms with Gasteiger partial charge in [-0.3, -0.25) is 0 Å². The summed E-state index contributed by atoms with van der Waals surface area (Å²) in [5.74, 6) is 0. The number of rotatable bonds is 1. The standard InChI is InChI=1S/C15H15ClN2O/c16-15(18-8-10-19-11-9-18)17-14-7-3-5-12-4-1-2-6-13(12)14/h1-7H,8-11H2/b17-15+. The van der Waals surface area contributed by atoms with Crippen molar-refractivity contribution < 1.29 is 4.74 Å². The minimum absolute atomic E-state index is 0.541. The summed E-state index contributed by atoms with van der Waals surface area (Å²) < 4.78 is 5.32. The lowest BCUT2D eigenvalue weighted by atomic mass is 10.1. The van der Waals surface area contributed by atoms with Gasteiger partial charge >= 0.3 is 0 Å². The van der Waals surface area contributed by atoms with E-state index in [-0.39, 0.29) is 0 Å². The zero-order valence-corrected chi connectivity index (χ0v) is 11.3. The van der Waals surface area contributed by atoms with Gasteiger partial charge in [0.2, 0.25) is 0 Å². The molecule has 0 saturated carbocycles. The number of morpholine rings is 1. The van der Waals surface area contributed by atoms with Gasteiger partial charge in [0.05, 0.1) is 18.9 Å². The lowest BCUT2D eigenvalue weighted by Crippen LogP contribution is -2.38. The van der Waals surface area contributed by atoms with Crippen LogP contribution in [0.3, 0.4) is 0 Å². The van der Waals surface area contributed by atoms with Gasteiger partial charge in [0.25, 0.3) is 0 Å². The number of nitrogens with zero attached hydrogens (tertiary/aromatic N) is 2. The fraction of sp³-hybridized carbons (Fsp3) is 0.267. The molecule has 0 aliphatic carbocycles. The van der Waals surface area contributed by atoms with Crippen molar-refractivity contribution in [1.82, 2.24) is 4.90 Å². The maximum atomic E-state index is 6.31. The third-order valence-electron chi connectivity index (χ3n) is 3.25. The molecule has 3 nitrogen and oxygen atoms in total. The largest absolute Gasteiger partial charge is 0.378 e. The highest BCUT2D eigenvalue weighted by molar-refractivity contribution is 6.64. The van der Waals surface area contributed by atoms with Crippen molar-refractivity contribution in [3.63, 3.8) is 0 Å². The Hall–Kier alpha value is -1.58. The number of fused-ring (bicyclic) bond motifs is 1. The number of amidine groups is 1. The molecule has 98 valence electrons. The van der Waals surface area contributed by atoms with E-state index in [0.29, 0.717) is 18.5 Å². The van der Waals surface area contributed by atoms with E-state index in [9.17, 15) is 0 Å². The molecule has 0 unspecified atom stereocenters. The van der Waals surface area contributed by atoms with Crippen LogP contribution in [0.15, 0.2) is 47.5 Å². The van der Waals surface area contributed by atoms with Crippen LogP contribution in [0, 0.1) is 0 Å². The van der Waals surface area contributed by atoms with Gasteiger partial charge in [-0.25, -0.2) is 4.99 Å². The minimum Gasteiger partial charge on any atom is -0.378 e. The molecule has 19 heavy (non-hydrogen) atoms. The first-order valence-electron chi connectivity index (χ1n) is 6.39. The summed E-state index contributed by atoms with van der Waals surface area (Å²) in [6.45, 7) is 3.02. The predicted molar refractivity (Wildman–Crippen MR) is 79.3 cm³/mol. The topological polar surface area (TPSA) is 24.8 Å². The Kier molecular flexibility index (Phi) is 3.67. The first-order valence-corrected chi connectivity index (χ1v) is 6.77. The molecule has 0 bridgehead atoms. The van der Waals surface area contributed by atoms with E-state index in [1.807, 2.05) is 29.2 Å². The Bertz CT molecular complexity index is 601. The van der Waals surface area contributed by atoms with Crippen LogP contribution in [-0.2, 0) is 4.74 Å². The molecule has 0 atom stereocenters. The molecule has 0 radical (unpaired) electrons. The van der Waals surface area contributed by atoms with Crippen molar-refractivity contribution >= 4 is 33.4 Å². The Balaban J connectivity index is 1.95. The van der Waals surface area contributed by atoms with Gasteiger partial charge in [0.1, 0.15) is 0 Å². The van der Waals surface area contributed by atoms with E-state index >= 15 is 0 Å². The first-order chi connectivity index (χ1) is 9.34. The lowest BCUT2D eigenvalue weighted by Gasteiger charge is -2.26. The third kappa shape index (κ3) is 2.72. The number of hydrogen-bond acceptors (Lipinski definition) is 2. The normalized spacial score (nSPS) is 16.9. The molecule has 1 saturated heterocycles. The maximum Gasteiger partial charge on any atom is 0.199 e. The van der Waals surface area contributed by atoms with Gasteiger partial charge in [-0.15, -0.1) is 0 Å². The van der Waals surface area contributed by atoms with E-state index in [2.05, 4.69) is 23.2 Å². The molecule has 2 aromatic rings. The molecule has 0 spiro atoms. The van der Waals surface area contributed by atoms with E-state index in [4.69, 9.17) is 16.3 Å². The van der Waals surface area contributed by atoms with Crippen LogP contribution in [0.25, 0.3) is 10.8 Å². The second-order valence-electron chi connectivity index (χ2n) is 4.48. The van der Waals surface area contributed by atoms with Crippen molar-refractivity contribution in [2.24, 2.45) is 4.99 Å². The molecule has 1 fully saturated rings. The number of halogens is 1. The van der Waals surface area contributed by atoms with Gasteiger partial charge in [0.15, 0.2) is 5.29 Å². The second kappa shape index (κ2) is 5.59. The third-order valence-corrected chi connectivity index (χ3v) is 3.57. The highest BCUT2D eigenvalue weighted by Crippen LogP contribution is 2.26. The minimum atomic E-state index is 0.541. The molecular formula is C15H15ClN2O. The molecule has 1 aliphatic heterocycles. The smallest absolute Gasteiger partial charge is 0.199 e. The molecule has 0 aromatic heterocycles. The quantitative estimate of drug-likeness (QED) is 0.452. The van der Waals surface area contributed by atoms with Crippen molar-refractivity contribution in [1.29, 1.82) is 0 Å². The van der Waals surface area contributed by atoms with Crippen molar-refractivity contribution in [2.75, 3.05) is 26.3 Å². The summed E-state index contributed by atoms with van der Waals surface area (Å²) in [6, 6.07) is 14.3. The summed E-state index contributed by atoms with van der Waals surface area (Å²) in [7, 11) is 0. The van der Waals surface area contributed by atoms with Gasteiger partial charge in [0, 0.05) is 18.5 Å². The molecule has 1 heterocycles. The Morgan fingerprint density at radius 2 is 1.79 bits per heavy atom. The van der Waals surface area contributed by atoms with Gasteiger partial charge in [-0.05, 0) is 23.1 Å². The molecule has 3 rings (SSSR count). The van der Waals surface area contributed by atoms with Gasteiger partial charge in [-0.1, -0.05) is 36.4 Å². The van der Waals surface area contributed by atoms with Crippen molar-refractivity contribution in [2.45, 2.75) is 0 Å². The summed E-state index contributed by atoms with van der Waals surface area (Å²) in [4.78, 5) is 6.61. The number of benzene rings is 2. The molecular weight excluding hydrogens is 260 g/mol. The Morgan fingerprint density at radius 1 is 1.05 bits per heavy atom. The lowest BCUT2D eigenvalue weighted by molar-refractivity contribution is 0.0692. The van der Waals surface area contributed by atoms with Crippen LogP contribution >= 0.6 is 11.6 Å². The predicted octanol–water partition coefficient (Wildman–Crippen LogP) is 3.40. The zero-order chi connectivity index (χ0) is 13.1. The van der Waals surface area contributed by atoms with Crippen LogP contribution in [0.5, 0.6) is 0 Å². The molecule has 0 amide bonds. The fourth-order valence-electron chi connectivity index (χ4n) is 2.22. The molecule has 1 aliphatic rings. The van der Waals surface area contributed by atoms with Crippen LogP contribution in [-0.4, -0.2) is 36.5 Å². The number of ether oxygens (including phenoxy) is 1. The average molecular weight is 275 g/mol. The molecule has 4 heteroatoms. The van der Waals surface area contributed by atoms with Gasteiger partial charge in [-0.2, -0.15) is 0 Å². The zero-order valence-electron chi connectivity index (χ0n) is 10.6. The van der Waals surface area contributed by atoms with E-state index in [0.717, 1.165) is 24.2 Å². The van der Waals surface area contributed by atoms with Crippen molar-refractivity contribution in [3.8, 4) is 0 Å². The number of aliphatic imine (C=N–C) groups is 1. The summed E-state index contributed by atoms with van der Waals surface area (Å²) in [5, 5.41) is 2.84. The maximum absolute atomic E-state index is 6.31. The van der Waals surface area contributed by atoms with Gasteiger partial charge < -0.3 is 9.64 Å². The number of hydrogen-bond donors (Lipinski definition) is 0. The molecule has 2 aromatic carbocycles.